The first-order valence-electron chi connectivity index (χ1n) is 6.36. The van der Waals surface area contributed by atoms with Crippen LogP contribution < -0.4 is 16.6 Å². The molecule has 0 aliphatic rings. The summed E-state index contributed by atoms with van der Waals surface area (Å²) in [4.78, 5) is 3.98. The highest BCUT2D eigenvalue weighted by atomic mass is 19.4. The molecule has 1 aromatic heterocycles. The fourth-order valence-corrected chi connectivity index (χ4v) is 1.38. The number of hydrazine groups is 1. The van der Waals surface area contributed by atoms with Gasteiger partial charge in [-0.05, 0) is 23.5 Å². The van der Waals surface area contributed by atoms with Crippen molar-refractivity contribution in [3.05, 3.63) is 17.7 Å². The first-order chi connectivity index (χ1) is 9.06. The summed E-state index contributed by atoms with van der Waals surface area (Å²) in [5.41, 5.74) is 1.30. The van der Waals surface area contributed by atoms with Crippen molar-refractivity contribution >= 4 is 11.6 Å². The van der Waals surface area contributed by atoms with E-state index >= 15 is 0 Å². The molecular formula is C13H21F3N4. The van der Waals surface area contributed by atoms with Gasteiger partial charge in [0.1, 0.15) is 11.6 Å². The minimum absolute atomic E-state index is 0.0234. The van der Waals surface area contributed by atoms with Gasteiger partial charge in [-0.1, -0.05) is 27.7 Å². The van der Waals surface area contributed by atoms with E-state index in [2.05, 4.69) is 29.6 Å². The van der Waals surface area contributed by atoms with Crippen LogP contribution >= 0.6 is 0 Å². The van der Waals surface area contributed by atoms with Crippen molar-refractivity contribution in [3.8, 4) is 0 Å². The number of nitrogens with zero attached hydrogens (tertiary/aromatic N) is 1. The molecule has 0 radical (unpaired) electrons. The van der Waals surface area contributed by atoms with Gasteiger partial charge in [-0.2, -0.15) is 13.2 Å². The molecule has 0 aliphatic heterocycles. The second-order valence-corrected chi connectivity index (χ2v) is 5.77. The van der Waals surface area contributed by atoms with Gasteiger partial charge in [0.2, 0.25) is 0 Å². The molecule has 0 spiro atoms. The Morgan fingerprint density at radius 1 is 1.20 bits per heavy atom. The first kappa shape index (κ1) is 16.6. The predicted molar refractivity (Wildman–Crippen MR) is 74.2 cm³/mol. The summed E-state index contributed by atoms with van der Waals surface area (Å²) >= 11 is 0. The van der Waals surface area contributed by atoms with Gasteiger partial charge < -0.3 is 10.7 Å². The zero-order valence-corrected chi connectivity index (χ0v) is 12.1. The molecule has 0 atom stereocenters. The number of hydrogen-bond acceptors (Lipinski definition) is 4. The Labute approximate surface area is 116 Å². The third-order valence-electron chi connectivity index (χ3n) is 3.59. The van der Waals surface area contributed by atoms with E-state index < -0.39 is 11.7 Å². The van der Waals surface area contributed by atoms with Crippen LogP contribution in [-0.2, 0) is 6.18 Å². The fraction of sp³-hybridized carbons (Fsp3) is 0.615. The smallest absolute Gasteiger partial charge is 0.369 e. The highest BCUT2D eigenvalue weighted by molar-refractivity contribution is 5.49. The molecule has 114 valence electrons. The molecule has 7 heteroatoms. The fourth-order valence-electron chi connectivity index (χ4n) is 1.38. The molecule has 20 heavy (non-hydrogen) atoms. The molecule has 4 N–H and O–H groups in total. The number of anilines is 2. The van der Waals surface area contributed by atoms with Crippen LogP contribution in [0.15, 0.2) is 12.1 Å². The number of nitrogen functional groups attached to an aromatic ring is 1. The number of alkyl halides is 3. The lowest BCUT2D eigenvalue weighted by Crippen LogP contribution is -2.29. The monoisotopic (exact) mass is 290 g/mol. The summed E-state index contributed by atoms with van der Waals surface area (Å²) in [6.45, 7) is 8.73. The van der Waals surface area contributed by atoms with Gasteiger partial charge in [-0.3, -0.25) is 0 Å². The predicted octanol–water partition coefficient (Wildman–Crippen LogP) is 3.48. The van der Waals surface area contributed by atoms with Crippen LogP contribution in [0.5, 0.6) is 0 Å². The van der Waals surface area contributed by atoms with Gasteiger partial charge >= 0.3 is 6.18 Å². The number of hydrogen-bond donors (Lipinski definition) is 3. The standard InChI is InChI=1S/C13H21F3N4/c1-8(2)12(3,4)7-18-10-5-9(13(14,15)16)6-11(19-10)20-17/h5-6,8H,7,17H2,1-4H3,(H2,18,19,20). The SMILES string of the molecule is CC(C)C(C)(C)CNc1cc(C(F)(F)F)cc(NN)n1. The van der Waals surface area contributed by atoms with Gasteiger partial charge in [0.15, 0.2) is 0 Å². The van der Waals surface area contributed by atoms with E-state index in [0.717, 1.165) is 12.1 Å². The summed E-state index contributed by atoms with van der Waals surface area (Å²) in [7, 11) is 0. The van der Waals surface area contributed by atoms with Crippen LogP contribution in [0.3, 0.4) is 0 Å². The Kier molecular flexibility index (Phi) is 4.86. The molecule has 1 rings (SSSR count). The van der Waals surface area contributed by atoms with Crippen molar-refractivity contribution in [1.29, 1.82) is 0 Å². The maximum Gasteiger partial charge on any atom is 0.416 e. The molecule has 0 saturated carbocycles. The number of aromatic nitrogens is 1. The van der Waals surface area contributed by atoms with Crippen molar-refractivity contribution in [1.82, 2.24) is 4.98 Å². The minimum Gasteiger partial charge on any atom is -0.369 e. The summed E-state index contributed by atoms with van der Waals surface area (Å²) in [5.74, 6) is 5.67. The molecule has 1 aromatic rings. The van der Waals surface area contributed by atoms with Gasteiger partial charge in [0.05, 0.1) is 5.56 Å². The van der Waals surface area contributed by atoms with Crippen molar-refractivity contribution in [3.63, 3.8) is 0 Å². The van der Waals surface area contributed by atoms with Crippen molar-refractivity contribution < 1.29 is 13.2 Å². The molecule has 0 unspecified atom stereocenters. The van der Waals surface area contributed by atoms with E-state index in [-0.39, 0.29) is 17.1 Å². The Morgan fingerprint density at radius 3 is 2.20 bits per heavy atom. The number of halogens is 3. The number of nitrogens with one attached hydrogen (secondary N) is 2. The molecule has 4 nitrogen and oxygen atoms in total. The molecule has 0 amide bonds. The lowest BCUT2D eigenvalue weighted by atomic mass is 9.81. The minimum atomic E-state index is -4.43. The van der Waals surface area contributed by atoms with Crippen molar-refractivity contribution in [2.24, 2.45) is 17.2 Å². The first-order valence-corrected chi connectivity index (χ1v) is 6.36. The summed E-state index contributed by atoms with van der Waals surface area (Å²) in [5, 5.41) is 2.95. The van der Waals surface area contributed by atoms with Crippen LogP contribution in [0, 0.1) is 11.3 Å². The van der Waals surface area contributed by atoms with E-state index in [0.29, 0.717) is 12.5 Å². The summed E-state index contributed by atoms with van der Waals surface area (Å²) in [6, 6.07) is 1.86. The Bertz CT molecular complexity index is 455. The second kappa shape index (κ2) is 5.87. The Hall–Kier alpha value is -1.50. The Morgan fingerprint density at radius 2 is 1.75 bits per heavy atom. The lowest BCUT2D eigenvalue weighted by molar-refractivity contribution is -0.137. The zero-order valence-electron chi connectivity index (χ0n) is 12.1. The average Bonchev–Trinajstić information content (AvgIpc) is 2.34. The van der Waals surface area contributed by atoms with Gasteiger partial charge in [-0.25, -0.2) is 10.8 Å². The van der Waals surface area contributed by atoms with Crippen molar-refractivity contribution in [2.75, 3.05) is 17.3 Å². The maximum absolute atomic E-state index is 12.8. The normalized spacial score (nSPS) is 12.7. The van der Waals surface area contributed by atoms with E-state index in [1.165, 1.54) is 0 Å². The highest BCUT2D eigenvalue weighted by Crippen LogP contribution is 2.32. The maximum atomic E-state index is 12.8. The quantitative estimate of drug-likeness (QED) is 0.574. The van der Waals surface area contributed by atoms with Crippen LogP contribution in [0.25, 0.3) is 0 Å². The molecular weight excluding hydrogens is 269 g/mol. The van der Waals surface area contributed by atoms with E-state index in [1.807, 2.05) is 13.8 Å². The highest BCUT2D eigenvalue weighted by Gasteiger charge is 2.32. The molecule has 0 aliphatic carbocycles. The average molecular weight is 290 g/mol. The molecule has 0 saturated heterocycles. The summed E-state index contributed by atoms with van der Waals surface area (Å²) in [6.07, 6.45) is -4.43. The number of nitrogens with two attached hydrogens (primary N) is 1. The van der Waals surface area contributed by atoms with Crippen LogP contribution in [-0.4, -0.2) is 11.5 Å². The van der Waals surface area contributed by atoms with E-state index in [1.54, 1.807) is 0 Å². The van der Waals surface area contributed by atoms with Gasteiger partial charge in [-0.15, -0.1) is 0 Å². The molecule has 0 fully saturated rings. The topological polar surface area (TPSA) is 63.0 Å². The Balaban J connectivity index is 2.96. The summed E-state index contributed by atoms with van der Waals surface area (Å²) < 4.78 is 38.3. The largest absolute Gasteiger partial charge is 0.416 e. The van der Waals surface area contributed by atoms with Crippen LogP contribution in [0.2, 0.25) is 0 Å². The molecule has 0 aromatic carbocycles. The molecule has 1 heterocycles. The van der Waals surface area contributed by atoms with E-state index in [4.69, 9.17) is 5.84 Å². The van der Waals surface area contributed by atoms with E-state index in [9.17, 15) is 13.2 Å². The lowest BCUT2D eigenvalue weighted by Gasteiger charge is -2.29. The molecule has 0 bridgehead atoms. The second-order valence-electron chi connectivity index (χ2n) is 5.77. The number of rotatable bonds is 5. The van der Waals surface area contributed by atoms with Crippen LogP contribution in [0.4, 0.5) is 24.8 Å². The van der Waals surface area contributed by atoms with Crippen molar-refractivity contribution in [2.45, 2.75) is 33.9 Å². The third-order valence-corrected chi connectivity index (χ3v) is 3.59. The van der Waals surface area contributed by atoms with Gasteiger partial charge in [0.25, 0.3) is 0 Å². The number of pyridine rings is 1. The third kappa shape index (κ3) is 4.26. The zero-order chi connectivity index (χ0) is 15.6. The van der Waals surface area contributed by atoms with Gasteiger partial charge in [0, 0.05) is 6.54 Å². The van der Waals surface area contributed by atoms with Crippen LogP contribution in [0.1, 0.15) is 33.3 Å².